The molecule has 21 heavy (non-hydrogen) atoms. The Hall–Kier alpha value is -2.56. The third-order valence-corrected chi connectivity index (χ3v) is 3.73. The van der Waals surface area contributed by atoms with E-state index in [1.54, 1.807) is 25.4 Å². The number of ether oxygens (including phenoxy) is 1. The number of benzene rings is 1. The van der Waals surface area contributed by atoms with E-state index in [9.17, 15) is 4.79 Å². The van der Waals surface area contributed by atoms with E-state index in [0.717, 1.165) is 24.2 Å². The second kappa shape index (κ2) is 5.44. The van der Waals surface area contributed by atoms with Crippen LogP contribution in [0, 0.1) is 0 Å². The molecule has 0 unspecified atom stereocenters. The van der Waals surface area contributed by atoms with Gasteiger partial charge in [-0.1, -0.05) is 12.1 Å². The maximum atomic E-state index is 11.1. The number of nitrogens with zero attached hydrogens (tertiary/aromatic N) is 2. The van der Waals surface area contributed by atoms with E-state index in [1.807, 2.05) is 18.2 Å². The molecule has 1 N–H and O–H groups in total. The molecule has 0 spiro atoms. The summed E-state index contributed by atoms with van der Waals surface area (Å²) in [6.45, 7) is 1.53. The third-order valence-electron chi connectivity index (χ3n) is 3.73. The maximum Gasteiger partial charge on any atom is 0.335 e. The average Bonchev–Trinajstić information content (AvgIpc) is 2.90. The summed E-state index contributed by atoms with van der Waals surface area (Å²) in [5, 5.41) is 9.13. The van der Waals surface area contributed by atoms with Crippen molar-refractivity contribution in [2.24, 2.45) is 0 Å². The van der Waals surface area contributed by atoms with Crippen molar-refractivity contribution < 1.29 is 14.6 Å². The minimum Gasteiger partial charge on any atom is -0.481 e. The molecule has 5 nitrogen and oxygen atoms in total. The summed E-state index contributed by atoms with van der Waals surface area (Å²) in [4.78, 5) is 17.5. The Labute approximate surface area is 122 Å². The van der Waals surface area contributed by atoms with Gasteiger partial charge in [-0.15, -0.1) is 0 Å². The number of pyridine rings is 1. The zero-order valence-corrected chi connectivity index (χ0v) is 11.7. The molecule has 1 aromatic heterocycles. The average molecular weight is 284 g/mol. The normalized spacial score (nSPS) is 13.1. The van der Waals surface area contributed by atoms with Crippen molar-refractivity contribution in [3.63, 3.8) is 0 Å². The largest absolute Gasteiger partial charge is 0.481 e. The van der Waals surface area contributed by atoms with Gasteiger partial charge in [0.15, 0.2) is 0 Å². The summed E-state index contributed by atoms with van der Waals surface area (Å²) in [6, 6.07) is 9.16. The number of rotatable bonds is 4. The summed E-state index contributed by atoms with van der Waals surface area (Å²) in [6.07, 6.45) is 2.63. The Kier molecular flexibility index (Phi) is 3.48. The Morgan fingerprint density at radius 3 is 3.05 bits per heavy atom. The van der Waals surface area contributed by atoms with Gasteiger partial charge in [-0.3, -0.25) is 0 Å². The van der Waals surface area contributed by atoms with E-state index in [1.165, 1.54) is 5.56 Å². The van der Waals surface area contributed by atoms with E-state index in [4.69, 9.17) is 9.84 Å². The second-order valence-corrected chi connectivity index (χ2v) is 4.99. The van der Waals surface area contributed by atoms with Crippen molar-refractivity contribution in [2.75, 3.05) is 18.6 Å². The molecule has 0 bridgehead atoms. The monoisotopic (exact) mass is 284 g/mol. The lowest BCUT2D eigenvalue weighted by molar-refractivity contribution is 0.0697. The fourth-order valence-corrected chi connectivity index (χ4v) is 2.68. The van der Waals surface area contributed by atoms with Crippen LogP contribution in [0.5, 0.6) is 5.88 Å². The molecule has 0 atom stereocenters. The zero-order valence-electron chi connectivity index (χ0n) is 11.7. The maximum absolute atomic E-state index is 11.1. The summed E-state index contributed by atoms with van der Waals surface area (Å²) >= 11 is 0. The summed E-state index contributed by atoms with van der Waals surface area (Å²) in [5.74, 6) is -0.288. The molecule has 0 saturated heterocycles. The lowest BCUT2D eigenvalue weighted by Gasteiger charge is -2.20. The van der Waals surface area contributed by atoms with E-state index in [0.29, 0.717) is 18.0 Å². The number of hydrogen-bond donors (Lipinski definition) is 1. The van der Waals surface area contributed by atoms with Gasteiger partial charge in [-0.25, -0.2) is 9.78 Å². The molecule has 1 aromatic carbocycles. The number of aromatic nitrogens is 1. The minimum absolute atomic E-state index is 0.318. The van der Waals surface area contributed by atoms with Crippen molar-refractivity contribution >= 4 is 11.7 Å². The molecule has 3 rings (SSSR count). The highest BCUT2D eigenvalue weighted by molar-refractivity contribution is 5.89. The Balaban J connectivity index is 1.90. The van der Waals surface area contributed by atoms with Crippen LogP contribution in [-0.2, 0) is 13.0 Å². The van der Waals surface area contributed by atoms with Crippen LogP contribution in [0.25, 0.3) is 0 Å². The fraction of sp³-hybridized carbons (Fsp3) is 0.250. The SMILES string of the molecule is COc1ncccc1CN1CCc2ccc(C(=O)O)cc21. The van der Waals surface area contributed by atoms with Gasteiger partial charge in [0, 0.05) is 30.5 Å². The van der Waals surface area contributed by atoms with Gasteiger partial charge in [0.25, 0.3) is 0 Å². The molecule has 0 fully saturated rings. The van der Waals surface area contributed by atoms with Crippen LogP contribution in [0.15, 0.2) is 36.5 Å². The highest BCUT2D eigenvalue weighted by Gasteiger charge is 2.21. The first-order valence-electron chi connectivity index (χ1n) is 6.78. The molecular weight excluding hydrogens is 268 g/mol. The molecule has 108 valence electrons. The number of carboxylic acids is 1. The first kappa shape index (κ1) is 13.4. The predicted molar refractivity (Wildman–Crippen MR) is 78.9 cm³/mol. The topological polar surface area (TPSA) is 62.7 Å². The fourth-order valence-electron chi connectivity index (χ4n) is 2.68. The molecule has 0 saturated carbocycles. The van der Waals surface area contributed by atoms with Crippen LogP contribution in [-0.4, -0.2) is 29.7 Å². The van der Waals surface area contributed by atoms with Crippen molar-refractivity contribution in [3.8, 4) is 5.88 Å². The zero-order chi connectivity index (χ0) is 14.8. The van der Waals surface area contributed by atoms with Crippen LogP contribution in [0.1, 0.15) is 21.5 Å². The predicted octanol–water partition coefficient (Wildman–Crippen LogP) is 2.35. The number of fused-ring (bicyclic) bond motifs is 1. The second-order valence-electron chi connectivity index (χ2n) is 4.99. The first-order valence-corrected chi connectivity index (χ1v) is 6.78. The minimum atomic E-state index is -0.899. The quantitative estimate of drug-likeness (QED) is 0.933. The standard InChI is InChI=1S/C16H16N2O3/c1-21-15-13(3-2-7-17-15)10-18-8-6-11-4-5-12(16(19)20)9-14(11)18/h2-5,7,9H,6,8,10H2,1H3,(H,19,20). The van der Waals surface area contributed by atoms with Gasteiger partial charge in [0.1, 0.15) is 0 Å². The number of methoxy groups -OCH3 is 1. The van der Waals surface area contributed by atoms with Crippen LogP contribution >= 0.6 is 0 Å². The molecule has 0 radical (unpaired) electrons. The lowest BCUT2D eigenvalue weighted by atomic mass is 10.1. The van der Waals surface area contributed by atoms with Gasteiger partial charge in [-0.2, -0.15) is 0 Å². The molecular formula is C16H16N2O3. The van der Waals surface area contributed by atoms with Crippen molar-refractivity contribution in [2.45, 2.75) is 13.0 Å². The Bertz CT molecular complexity index is 685. The van der Waals surface area contributed by atoms with Crippen LogP contribution in [0.2, 0.25) is 0 Å². The smallest absolute Gasteiger partial charge is 0.335 e. The van der Waals surface area contributed by atoms with Crippen LogP contribution in [0.3, 0.4) is 0 Å². The molecule has 5 heteroatoms. The van der Waals surface area contributed by atoms with Crippen molar-refractivity contribution in [1.82, 2.24) is 4.98 Å². The lowest BCUT2D eigenvalue weighted by Crippen LogP contribution is -2.20. The Morgan fingerprint density at radius 2 is 2.29 bits per heavy atom. The van der Waals surface area contributed by atoms with Crippen LogP contribution in [0.4, 0.5) is 5.69 Å². The van der Waals surface area contributed by atoms with Crippen LogP contribution < -0.4 is 9.64 Å². The number of anilines is 1. The molecule has 0 amide bonds. The Morgan fingerprint density at radius 1 is 1.43 bits per heavy atom. The van der Waals surface area contributed by atoms with E-state index < -0.39 is 5.97 Å². The van der Waals surface area contributed by atoms with E-state index in [2.05, 4.69) is 9.88 Å². The number of hydrogen-bond acceptors (Lipinski definition) is 4. The van der Waals surface area contributed by atoms with Gasteiger partial charge < -0.3 is 14.7 Å². The molecule has 2 heterocycles. The van der Waals surface area contributed by atoms with Gasteiger partial charge in [-0.05, 0) is 30.2 Å². The molecule has 2 aromatic rings. The van der Waals surface area contributed by atoms with Gasteiger partial charge in [0.05, 0.1) is 12.7 Å². The van der Waals surface area contributed by atoms with Gasteiger partial charge >= 0.3 is 5.97 Å². The highest BCUT2D eigenvalue weighted by atomic mass is 16.5. The van der Waals surface area contributed by atoms with E-state index in [-0.39, 0.29) is 0 Å². The molecule has 0 aliphatic carbocycles. The van der Waals surface area contributed by atoms with Gasteiger partial charge in [0.2, 0.25) is 5.88 Å². The summed E-state index contributed by atoms with van der Waals surface area (Å²) in [7, 11) is 1.60. The number of aromatic carboxylic acids is 1. The van der Waals surface area contributed by atoms with Crippen molar-refractivity contribution in [3.05, 3.63) is 53.2 Å². The molecule has 1 aliphatic heterocycles. The molecule has 1 aliphatic rings. The van der Waals surface area contributed by atoms with Crippen molar-refractivity contribution in [1.29, 1.82) is 0 Å². The number of carboxylic acid groups (broad SMARTS) is 1. The highest BCUT2D eigenvalue weighted by Crippen LogP contribution is 2.31. The summed E-state index contributed by atoms with van der Waals surface area (Å²) < 4.78 is 5.27. The summed E-state index contributed by atoms with van der Waals surface area (Å²) in [5.41, 5.74) is 3.48. The third kappa shape index (κ3) is 2.54. The van der Waals surface area contributed by atoms with E-state index >= 15 is 0 Å². The first-order chi connectivity index (χ1) is 10.2. The number of carbonyl (C=O) groups is 1.